The van der Waals surface area contributed by atoms with E-state index in [1.54, 1.807) is 19.4 Å². The van der Waals surface area contributed by atoms with Gasteiger partial charge < -0.3 is 4.74 Å². The lowest BCUT2D eigenvalue weighted by Crippen LogP contribution is -1.92. The van der Waals surface area contributed by atoms with E-state index < -0.39 is 4.92 Å². The fourth-order valence-electron chi connectivity index (χ4n) is 1.56. The van der Waals surface area contributed by atoms with Gasteiger partial charge in [-0.15, -0.1) is 0 Å². The highest BCUT2D eigenvalue weighted by molar-refractivity contribution is 5.71. The number of hydrogen-bond acceptors (Lipinski definition) is 4. The molecule has 0 aliphatic rings. The summed E-state index contributed by atoms with van der Waals surface area (Å²) in [6, 6.07) is 8.79. The van der Waals surface area contributed by atoms with Crippen LogP contribution in [-0.2, 0) is 0 Å². The third-order valence-corrected chi connectivity index (χ3v) is 2.35. The van der Waals surface area contributed by atoms with E-state index >= 15 is 0 Å². The Hall–Kier alpha value is -2.43. The summed E-state index contributed by atoms with van der Waals surface area (Å²) in [7, 11) is 1.56. The second kappa shape index (κ2) is 4.61. The Morgan fingerprint density at radius 3 is 2.76 bits per heavy atom. The fourth-order valence-corrected chi connectivity index (χ4v) is 1.56. The fraction of sp³-hybridized carbons (Fsp3) is 0.0833. The third-order valence-electron chi connectivity index (χ3n) is 2.35. The zero-order chi connectivity index (χ0) is 12.3. The summed E-state index contributed by atoms with van der Waals surface area (Å²) in [5.41, 5.74) is 1.41. The number of hydrogen-bond donors (Lipinski definition) is 0. The molecule has 0 spiro atoms. The van der Waals surface area contributed by atoms with Crippen molar-refractivity contribution in [1.29, 1.82) is 0 Å². The Labute approximate surface area is 97.8 Å². The average Bonchev–Trinajstić information content (AvgIpc) is 2.39. The van der Waals surface area contributed by atoms with E-state index in [1.807, 2.05) is 18.2 Å². The third kappa shape index (κ3) is 2.23. The molecule has 0 atom stereocenters. The minimum Gasteiger partial charge on any atom is -0.496 e. The van der Waals surface area contributed by atoms with Gasteiger partial charge in [-0.25, -0.2) is 0 Å². The number of nitro groups is 1. The first-order valence-electron chi connectivity index (χ1n) is 4.95. The minimum absolute atomic E-state index is 0.0339. The van der Waals surface area contributed by atoms with Crippen LogP contribution >= 0.6 is 0 Å². The highest BCUT2D eigenvalue weighted by atomic mass is 16.6. The van der Waals surface area contributed by atoms with E-state index in [0.717, 1.165) is 5.56 Å². The number of aromatic nitrogens is 1. The van der Waals surface area contributed by atoms with Crippen molar-refractivity contribution in [3.05, 3.63) is 52.8 Å². The van der Waals surface area contributed by atoms with Gasteiger partial charge in [-0.05, 0) is 6.07 Å². The van der Waals surface area contributed by atoms with Gasteiger partial charge >= 0.3 is 0 Å². The van der Waals surface area contributed by atoms with Crippen LogP contribution in [0, 0.1) is 10.1 Å². The Morgan fingerprint density at radius 2 is 2.06 bits per heavy atom. The number of ether oxygens (including phenoxy) is 1. The summed E-state index contributed by atoms with van der Waals surface area (Å²) in [4.78, 5) is 14.1. The molecule has 2 rings (SSSR count). The number of rotatable bonds is 3. The normalized spacial score (nSPS) is 9.94. The average molecular weight is 230 g/mol. The molecule has 2 aromatic rings. The molecule has 0 aliphatic heterocycles. The highest BCUT2D eigenvalue weighted by Crippen LogP contribution is 2.30. The predicted molar refractivity (Wildman–Crippen MR) is 62.9 cm³/mol. The molecule has 0 saturated carbocycles. The summed E-state index contributed by atoms with van der Waals surface area (Å²) >= 11 is 0. The van der Waals surface area contributed by atoms with Crippen LogP contribution in [0.3, 0.4) is 0 Å². The zero-order valence-electron chi connectivity index (χ0n) is 9.16. The molecular formula is C12H10N2O3. The summed E-state index contributed by atoms with van der Waals surface area (Å²) in [5, 5.41) is 10.7. The predicted octanol–water partition coefficient (Wildman–Crippen LogP) is 2.67. The second-order valence-electron chi connectivity index (χ2n) is 3.39. The Morgan fingerprint density at radius 1 is 1.29 bits per heavy atom. The first kappa shape index (κ1) is 11.1. The molecule has 0 unspecified atom stereocenters. The summed E-state index contributed by atoms with van der Waals surface area (Å²) < 4.78 is 5.20. The van der Waals surface area contributed by atoms with E-state index in [1.165, 1.54) is 12.3 Å². The van der Waals surface area contributed by atoms with Crippen LogP contribution in [0.5, 0.6) is 5.75 Å². The van der Waals surface area contributed by atoms with Gasteiger partial charge in [-0.1, -0.05) is 18.2 Å². The maximum Gasteiger partial charge on any atom is 0.288 e. The van der Waals surface area contributed by atoms with Crippen molar-refractivity contribution in [2.45, 2.75) is 0 Å². The van der Waals surface area contributed by atoms with Gasteiger partial charge in [-0.2, -0.15) is 0 Å². The summed E-state index contributed by atoms with van der Waals surface area (Å²) in [5.74, 6) is 0.662. The van der Waals surface area contributed by atoms with Gasteiger partial charge in [0.15, 0.2) is 0 Å². The first-order valence-corrected chi connectivity index (χ1v) is 4.95. The van der Waals surface area contributed by atoms with Crippen molar-refractivity contribution >= 4 is 5.69 Å². The lowest BCUT2D eigenvalue weighted by atomic mass is 10.1. The molecule has 0 amide bonds. The van der Waals surface area contributed by atoms with E-state index in [-0.39, 0.29) is 5.69 Å². The van der Waals surface area contributed by atoms with E-state index in [9.17, 15) is 10.1 Å². The molecule has 0 radical (unpaired) electrons. The van der Waals surface area contributed by atoms with Crippen LogP contribution in [0.15, 0.2) is 42.7 Å². The topological polar surface area (TPSA) is 65.3 Å². The number of para-hydroxylation sites is 1. The smallest absolute Gasteiger partial charge is 0.288 e. The van der Waals surface area contributed by atoms with Crippen LogP contribution in [0.25, 0.3) is 11.1 Å². The van der Waals surface area contributed by atoms with Crippen molar-refractivity contribution in [3.63, 3.8) is 0 Å². The largest absolute Gasteiger partial charge is 0.496 e. The van der Waals surface area contributed by atoms with Gasteiger partial charge in [0.25, 0.3) is 5.69 Å². The Bertz CT molecular complexity index is 555. The Balaban J connectivity index is 2.52. The summed E-state index contributed by atoms with van der Waals surface area (Å²) in [6.07, 6.45) is 2.80. The van der Waals surface area contributed by atoms with Gasteiger partial charge in [0, 0.05) is 23.4 Å². The molecule has 0 aliphatic carbocycles. The van der Waals surface area contributed by atoms with Crippen molar-refractivity contribution in [2.24, 2.45) is 0 Å². The molecule has 1 heterocycles. The van der Waals surface area contributed by atoms with Crippen LogP contribution in [0.2, 0.25) is 0 Å². The lowest BCUT2D eigenvalue weighted by molar-refractivity contribution is -0.385. The highest BCUT2D eigenvalue weighted by Gasteiger charge is 2.10. The zero-order valence-corrected chi connectivity index (χ0v) is 9.16. The number of methoxy groups -OCH3 is 1. The van der Waals surface area contributed by atoms with Crippen molar-refractivity contribution in [1.82, 2.24) is 4.98 Å². The van der Waals surface area contributed by atoms with Gasteiger partial charge in [-0.3, -0.25) is 15.1 Å². The number of nitrogens with zero attached hydrogens (tertiary/aromatic N) is 2. The van der Waals surface area contributed by atoms with E-state index in [0.29, 0.717) is 11.3 Å². The van der Waals surface area contributed by atoms with Crippen LogP contribution < -0.4 is 4.74 Å². The monoisotopic (exact) mass is 230 g/mol. The van der Waals surface area contributed by atoms with Crippen molar-refractivity contribution in [2.75, 3.05) is 7.11 Å². The molecule has 1 aromatic heterocycles. The Kier molecular flexibility index (Phi) is 3.00. The molecule has 0 fully saturated rings. The lowest BCUT2D eigenvalue weighted by Gasteiger charge is -2.07. The van der Waals surface area contributed by atoms with Crippen molar-refractivity contribution in [3.8, 4) is 16.9 Å². The van der Waals surface area contributed by atoms with E-state index in [2.05, 4.69) is 4.98 Å². The van der Waals surface area contributed by atoms with Crippen molar-refractivity contribution < 1.29 is 9.66 Å². The molecule has 5 heteroatoms. The molecule has 17 heavy (non-hydrogen) atoms. The molecular weight excluding hydrogens is 220 g/mol. The maximum atomic E-state index is 10.7. The van der Waals surface area contributed by atoms with Crippen LogP contribution in [-0.4, -0.2) is 17.0 Å². The molecule has 0 N–H and O–H groups in total. The first-order chi connectivity index (χ1) is 8.22. The number of pyridine rings is 1. The molecule has 0 bridgehead atoms. The van der Waals surface area contributed by atoms with Crippen LogP contribution in [0.1, 0.15) is 0 Å². The summed E-state index contributed by atoms with van der Waals surface area (Å²) in [6.45, 7) is 0. The quantitative estimate of drug-likeness (QED) is 0.600. The SMILES string of the molecule is COc1ccccc1-c1cncc([N+](=O)[O-])c1. The molecule has 5 nitrogen and oxygen atoms in total. The van der Waals surface area contributed by atoms with Gasteiger partial charge in [0.1, 0.15) is 11.9 Å². The molecule has 0 saturated heterocycles. The second-order valence-corrected chi connectivity index (χ2v) is 3.39. The standard InChI is InChI=1S/C12H10N2O3/c1-17-12-5-3-2-4-11(12)9-6-10(14(15)16)8-13-7-9/h2-8H,1H3. The maximum absolute atomic E-state index is 10.7. The molecule has 1 aromatic carbocycles. The van der Waals surface area contributed by atoms with Crippen LogP contribution in [0.4, 0.5) is 5.69 Å². The van der Waals surface area contributed by atoms with Gasteiger partial charge in [0.05, 0.1) is 12.0 Å². The van der Waals surface area contributed by atoms with E-state index in [4.69, 9.17) is 4.74 Å². The van der Waals surface area contributed by atoms with Gasteiger partial charge in [0.2, 0.25) is 0 Å². The molecule has 86 valence electrons. The minimum atomic E-state index is -0.466. The number of benzene rings is 1.